The molecule has 4 rings (SSSR count). The number of hydrogen-bond donors (Lipinski definition) is 1. The Morgan fingerprint density at radius 2 is 1.90 bits per heavy atom. The predicted molar refractivity (Wildman–Crippen MR) is 119 cm³/mol. The minimum Gasteiger partial charge on any atom is -0.493 e. The SMILES string of the molecule is COc1cc(C)ccc1OC(C)C(=O)Nc1ccc(-c2nc3cccnc3s2)cc1. The minimum absolute atomic E-state index is 0.241. The van der Waals surface area contributed by atoms with Crippen LogP contribution in [0.4, 0.5) is 5.69 Å². The number of ether oxygens (including phenoxy) is 2. The van der Waals surface area contributed by atoms with E-state index in [0.29, 0.717) is 17.2 Å². The number of aromatic nitrogens is 2. The largest absolute Gasteiger partial charge is 0.493 e. The summed E-state index contributed by atoms with van der Waals surface area (Å²) in [5.74, 6) is 0.893. The van der Waals surface area contributed by atoms with Gasteiger partial charge in [-0.15, -0.1) is 0 Å². The zero-order valence-electron chi connectivity index (χ0n) is 16.9. The smallest absolute Gasteiger partial charge is 0.265 e. The van der Waals surface area contributed by atoms with Crippen LogP contribution in [0, 0.1) is 6.92 Å². The third kappa shape index (κ3) is 4.26. The zero-order valence-corrected chi connectivity index (χ0v) is 17.7. The number of aryl methyl sites for hydroxylation is 1. The monoisotopic (exact) mass is 419 g/mol. The molecule has 1 N–H and O–H groups in total. The van der Waals surface area contributed by atoms with Gasteiger partial charge in [0.15, 0.2) is 17.6 Å². The van der Waals surface area contributed by atoms with Crippen molar-refractivity contribution in [2.45, 2.75) is 20.0 Å². The Balaban J connectivity index is 1.43. The Hall–Kier alpha value is -3.45. The second-order valence-corrected chi connectivity index (χ2v) is 7.81. The van der Waals surface area contributed by atoms with Crippen molar-refractivity contribution in [3.8, 4) is 22.1 Å². The molecule has 0 aliphatic heterocycles. The molecule has 0 saturated carbocycles. The topological polar surface area (TPSA) is 73.3 Å². The average Bonchev–Trinajstić information content (AvgIpc) is 3.19. The van der Waals surface area contributed by atoms with Crippen molar-refractivity contribution in [3.63, 3.8) is 0 Å². The fraction of sp³-hybridized carbons (Fsp3) is 0.174. The van der Waals surface area contributed by atoms with Gasteiger partial charge in [0, 0.05) is 17.4 Å². The number of fused-ring (bicyclic) bond motifs is 1. The van der Waals surface area contributed by atoms with Crippen LogP contribution >= 0.6 is 11.3 Å². The van der Waals surface area contributed by atoms with Gasteiger partial charge < -0.3 is 14.8 Å². The molecule has 1 unspecified atom stereocenters. The van der Waals surface area contributed by atoms with Gasteiger partial charge in [-0.2, -0.15) is 0 Å². The van der Waals surface area contributed by atoms with E-state index in [1.165, 1.54) is 11.3 Å². The number of pyridine rings is 1. The standard InChI is InChI=1S/C23H21N3O3S/c1-14-6-11-19(20(13-14)28-3)29-15(2)21(27)25-17-9-7-16(8-10-17)22-26-18-5-4-12-24-23(18)30-22/h4-13,15H,1-3H3,(H,25,27). The van der Waals surface area contributed by atoms with Crippen molar-refractivity contribution in [2.24, 2.45) is 0 Å². The number of nitrogens with one attached hydrogen (secondary N) is 1. The Kier molecular flexibility index (Phi) is 5.63. The van der Waals surface area contributed by atoms with Gasteiger partial charge >= 0.3 is 0 Å². The Bertz CT molecular complexity index is 1160. The first-order valence-corrected chi connectivity index (χ1v) is 10.3. The number of benzene rings is 2. The molecule has 0 fully saturated rings. The highest BCUT2D eigenvalue weighted by Crippen LogP contribution is 2.30. The maximum Gasteiger partial charge on any atom is 0.265 e. The van der Waals surface area contributed by atoms with Gasteiger partial charge in [-0.25, -0.2) is 9.97 Å². The van der Waals surface area contributed by atoms with E-state index >= 15 is 0 Å². The van der Waals surface area contributed by atoms with E-state index in [4.69, 9.17) is 9.47 Å². The highest BCUT2D eigenvalue weighted by molar-refractivity contribution is 7.21. The van der Waals surface area contributed by atoms with Crippen molar-refractivity contribution < 1.29 is 14.3 Å². The molecule has 0 bridgehead atoms. The van der Waals surface area contributed by atoms with Crippen molar-refractivity contribution in [1.82, 2.24) is 9.97 Å². The van der Waals surface area contributed by atoms with E-state index in [1.54, 1.807) is 26.3 Å². The molecule has 2 heterocycles. The second-order valence-electron chi connectivity index (χ2n) is 6.83. The molecular formula is C23H21N3O3S. The molecule has 0 radical (unpaired) electrons. The summed E-state index contributed by atoms with van der Waals surface area (Å²) in [6.07, 6.45) is 1.08. The maximum atomic E-state index is 12.6. The summed E-state index contributed by atoms with van der Waals surface area (Å²) in [6.45, 7) is 3.67. The number of carbonyl (C=O) groups excluding carboxylic acids is 1. The third-order valence-electron chi connectivity index (χ3n) is 4.56. The van der Waals surface area contributed by atoms with Gasteiger partial charge in [0.25, 0.3) is 5.91 Å². The molecule has 2 aromatic heterocycles. The van der Waals surface area contributed by atoms with Crippen molar-refractivity contribution in [3.05, 3.63) is 66.4 Å². The number of nitrogens with zero attached hydrogens (tertiary/aromatic N) is 2. The van der Waals surface area contributed by atoms with Crippen LogP contribution in [0.15, 0.2) is 60.8 Å². The lowest BCUT2D eigenvalue weighted by Crippen LogP contribution is -2.30. The van der Waals surface area contributed by atoms with Crippen LogP contribution in [0.5, 0.6) is 11.5 Å². The van der Waals surface area contributed by atoms with Gasteiger partial charge in [-0.1, -0.05) is 17.4 Å². The van der Waals surface area contributed by atoms with Crippen molar-refractivity contribution in [2.75, 3.05) is 12.4 Å². The highest BCUT2D eigenvalue weighted by Gasteiger charge is 2.17. The van der Waals surface area contributed by atoms with Crippen molar-refractivity contribution in [1.29, 1.82) is 0 Å². The van der Waals surface area contributed by atoms with Crippen LogP contribution in [-0.2, 0) is 4.79 Å². The summed E-state index contributed by atoms with van der Waals surface area (Å²) >= 11 is 1.54. The average molecular weight is 420 g/mol. The summed E-state index contributed by atoms with van der Waals surface area (Å²) in [4.78, 5) is 22.4. The molecule has 2 aromatic carbocycles. The quantitative estimate of drug-likeness (QED) is 0.472. The summed E-state index contributed by atoms with van der Waals surface area (Å²) < 4.78 is 11.1. The molecule has 7 heteroatoms. The van der Waals surface area contributed by atoms with Gasteiger partial charge in [0.2, 0.25) is 0 Å². The van der Waals surface area contributed by atoms with E-state index in [1.807, 2.05) is 55.5 Å². The first-order chi connectivity index (χ1) is 14.5. The molecule has 6 nitrogen and oxygen atoms in total. The zero-order chi connectivity index (χ0) is 21.1. The van der Waals surface area contributed by atoms with E-state index in [0.717, 1.165) is 26.5 Å². The summed E-state index contributed by atoms with van der Waals surface area (Å²) in [6, 6.07) is 17.0. The molecule has 0 aliphatic rings. The van der Waals surface area contributed by atoms with E-state index in [9.17, 15) is 4.79 Å². The molecule has 0 saturated heterocycles. The first-order valence-electron chi connectivity index (χ1n) is 9.47. The van der Waals surface area contributed by atoms with E-state index in [-0.39, 0.29) is 5.91 Å². The Morgan fingerprint density at radius 1 is 1.10 bits per heavy atom. The number of methoxy groups -OCH3 is 1. The Morgan fingerprint density at radius 3 is 2.63 bits per heavy atom. The van der Waals surface area contributed by atoms with Gasteiger partial charge in [0.05, 0.1) is 7.11 Å². The molecule has 1 amide bonds. The number of rotatable bonds is 6. The van der Waals surface area contributed by atoms with Gasteiger partial charge in [0.1, 0.15) is 15.4 Å². The lowest BCUT2D eigenvalue weighted by atomic mass is 10.2. The van der Waals surface area contributed by atoms with Crippen LogP contribution in [0.1, 0.15) is 12.5 Å². The number of carbonyl (C=O) groups is 1. The first kappa shape index (κ1) is 19.8. The summed E-state index contributed by atoms with van der Waals surface area (Å²) in [7, 11) is 1.58. The van der Waals surface area contributed by atoms with Crippen LogP contribution in [0.3, 0.4) is 0 Å². The molecule has 30 heavy (non-hydrogen) atoms. The minimum atomic E-state index is -0.684. The van der Waals surface area contributed by atoms with Crippen LogP contribution in [0.2, 0.25) is 0 Å². The number of anilines is 1. The van der Waals surface area contributed by atoms with E-state index in [2.05, 4.69) is 15.3 Å². The second kappa shape index (κ2) is 8.51. The fourth-order valence-corrected chi connectivity index (χ4v) is 3.86. The third-order valence-corrected chi connectivity index (χ3v) is 5.59. The number of hydrogen-bond acceptors (Lipinski definition) is 6. The normalized spacial score (nSPS) is 11.8. The van der Waals surface area contributed by atoms with Crippen LogP contribution in [0.25, 0.3) is 20.9 Å². The highest BCUT2D eigenvalue weighted by atomic mass is 32.1. The van der Waals surface area contributed by atoms with Crippen LogP contribution in [-0.4, -0.2) is 29.1 Å². The number of thiazole rings is 1. The van der Waals surface area contributed by atoms with E-state index < -0.39 is 6.10 Å². The molecule has 0 aliphatic carbocycles. The number of amides is 1. The lowest BCUT2D eigenvalue weighted by molar-refractivity contribution is -0.122. The lowest BCUT2D eigenvalue weighted by Gasteiger charge is -2.17. The predicted octanol–water partition coefficient (Wildman–Crippen LogP) is 5.08. The molecular weight excluding hydrogens is 398 g/mol. The van der Waals surface area contributed by atoms with Crippen LogP contribution < -0.4 is 14.8 Å². The molecule has 4 aromatic rings. The molecule has 1 atom stereocenters. The fourth-order valence-electron chi connectivity index (χ4n) is 2.95. The summed E-state index contributed by atoms with van der Waals surface area (Å²) in [5.41, 5.74) is 3.60. The Labute approximate surface area is 178 Å². The summed E-state index contributed by atoms with van der Waals surface area (Å²) in [5, 5.41) is 3.78. The molecule has 0 spiro atoms. The van der Waals surface area contributed by atoms with Crippen molar-refractivity contribution >= 4 is 33.3 Å². The maximum absolute atomic E-state index is 12.6. The van der Waals surface area contributed by atoms with Gasteiger partial charge in [-0.3, -0.25) is 4.79 Å². The molecule has 152 valence electrons. The van der Waals surface area contributed by atoms with Gasteiger partial charge in [-0.05, 0) is 67.9 Å².